The molecule has 1 saturated heterocycles. The van der Waals surface area contributed by atoms with E-state index < -0.39 is 0 Å². The number of nitrogens with zero attached hydrogens (tertiary/aromatic N) is 1. The number of piperidine rings is 1. The van der Waals surface area contributed by atoms with E-state index in [2.05, 4.69) is 109 Å². The van der Waals surface area contributed by atoms with Crippen molar-refractivity contribution in [2.45, 2.75) is 65.2 Å². The molecule has 6 nitrogen and oxygen atoms in total. The van der Waals surface area contributed by atoms with Gasteiger partial charge in [-0.25, -0.2) is 4.79 Å². The molecule has 1 aliphatic heterocycles. The van der Waals surface area contributed by atoms with E-state index in [9.17, 15) is 9.59 Å². The number of hydrogen-bond donors (Lipinski definition) is 3. The van der Waals surface area contributed by atoms with Crippen molar-refractivity contribution in [3.05, 3.63) is 125 Å². The number of amides is 3. The van der Waals surface area contributed by atoms with E-state index in [1.165, 1.54) is 11.1 Å². The van der Waals surface area contributed by atoms with Gasteiger partial charge in [-0.1, -0.05) is 107 Å². The lowest BCUT2D eigenvalue weighted by atomic mass is 9.89. The molecule has 1 aliphatic rings. The summed E-state index contributed by atoms with van der Waals surface area (Å²) in [7, 11) is 0. The van der Waals surface area contributed by atoms with Crippen LogP contribution in [0.4, 0.5) is 21.9 Å². The predicted molar refractivity (Wildman–Crippen MR) is 191 cm³/mol. The highest BCUT2D eigenvalue weighted by Gasteiger charge is 2.24. The molecule has 0 radical (unpaired) electrons. The number of carbonyl (C=O) groups excluding carboxylic acids is 2. The van der Waals surface area contributed by atoms with Crippen LogP contribution in [0, 0.1) is 5.92 Å². The summed E-state index contributed by atoms with van der Waals surface area (Å²) in [5.41, 5.74) is 7.70. The molecule has 3 amide bonds. The number of anilines is 3. The summed E-state index contributed by atoms with van der Waals surface area (Å²) in [5.74, 6) is 1.01. The van der Waals surface area contributed by atoms with Crippen LogP contribution in [0.3, 0.4) is 0 Å². The van der Waals surface area contributed by atoms with Gasteiger partial charge in [-0.05, 0) is 83.9 Å². The number of para-hydroxylation sites is 1. The van der Waals surface area contributed by atoms with Crippen molar-refractivity contribution in [3.8, 4) is 0 Å². The fraction of sp³-hybridized carbons (Fsp3) is 0.350. The Morgan fingerprint density at radius 1 is 0.739 bits per heavy atom. The summed E-state index contributed by atoms with van der Waals surface area (Å²) in [5, 5.41) is 9.28. The van der Waals surface area contributed by atoms with Crippen molar-refractivity contribution in [1.29, 1.82) is 0 Å². The van der Waals surface area contributed by atoms with Gasteiger partial charge >= 0.3 is 6.03 Å². The van der Waals surface area contributed by atoms with Crippen LogP contribution in [0.15, 0.2) is 97.1 Å². The van der Waals surface area contributed by atoms with E-state index in [0.717, 1.165) is 61.3 Å². The van der Waals surface area contributed by atoms with Crippen molar-refractivity contribution in [2.75, 3.05) is 35.2 Å². The van der Waals surface area contributed by atoms with Crippen molar-refractivity contribution in [3.63, 3.8) is 0 Å². The Kier molecular flexibility index (Phi) is 11.1. The molecule has 240 valence electrons. The van der Waals surface area contributed by atoms with Crippen molar-refractivity contribution < 1.29 is 9.59 Å². The van der Waals surface area contributed by atoms with Crippen molar-refractivity contribution >= 4 is 29.0 Å². The van der Waals surface area contributed by atoms with E-state index in [1.54, 1.807) is 0 Å². The second-order valence-electron chi connectivity index (χ2n) is 13.0. The van der Waals surface area contributed by atoms with E-state index in [-0.39, 0.29) is 23.8 Å². The third kappa shape index (κ3) is 8.57. The molecule has 3 N–H and O–H groups in total. The number of urea groups is 1. The molecule has 6 heteroatoms. The quantitative estimate of drug-likeness (QED) is 0.157. The molecule has 0 saturated carbocycles. The van der Waals surface area contributed by atoms with Gasteiger partial charge in [0, 0.05) is 36.7 Å². The van der Waals surface area contributed by atoms with Crippen molar-refractivity contribution in [1.82, 2.24) is 5.32 Å². The van der Waals surface area contributed by atoms with Gasteiger partial charge < -0.3 is 20.9 Å². The van der Waals surface area contributed by atoms with Crippen LogP contribution < -0.4 is 20.9 Å². The molecule has 1 heterocycles. The summed E-state index contributed by atoms with van der Waals surface area (Å²) in [6.45, 7) is 10.8. The molecule has 0 aliphatic carbocycles. The maximum atomic E-state index is 13.7. The van der Waals surface area contributed by atoms with Gasteiger partial charge in [-0.15, -0.1) is 0 Å². The van der Waals surface area contributed by atoms with Crippen molar-refractivity contribution in [2.24, 2.45) is 5.92 Å². The summed E-state index contributed by atoms with van der Waals surface area (Å²) in [4.78, 5) is 29.4. The van der Waals surface area contributed by atoms with Gasteiger partial charge in [0.2, 0.25) is 0 Å². The number of rotatable bonds is 11. The zero-order valence-corrected chi connectivity index (χ0v) is 27.7. The number of benzene rings is 4. The maximum Gasteiger partial charge on any atom is 0.323 e. The molecule has 1 fully saturated rings. The highest BCUT2D eigenvalue weighted by atomic mass is 16.2. The molecule has 0 bridgehead atoms. The minimum Gasteiger partial charge on any atom is -0.371 e. The second kappa shape index (κ2) is 15.6. The number of hydrogen-bond acceptors (Lipinski definition) is 3. The maximum absolute atomic E-state index is 13.7. The minimum atomic E-state index is -0.320. The zero-order chi connectivity index (χ0) is 32.5. The van der Waals surface area contributed by atoms with Crippen LogP contribution >= 0.6 is 0 Å². The minimum absolute atomic E-state index is 0.131. The van der Waals surface area contributed by atoms with Gasteiger partial charge in [0.05, 0.1) is 5.56 Å². The molecule has 0 spiro atoms. The first-order chi connectivity index (χ1) is 22.3. The second-order valence-corrected chi connectivity index (χ2v) is 13.0. The largest absolute Gasteiger partial charge is 0.371 e. The highest BCUT2D eigenvalue weighted by molar-refractivity contribution is 6.04. The van der Waals surface area contributed by atoms with E-state index in [0.29, 0.717) is 23.7 Å². The normalized spacial score (nSPS) is 13.6. The van der Waals surface area contributed by atoms with Crippen LogP contribution in [-0.2, 0) is 12.8 Å². The van der Waals surface area contributed by atoms with Gasteiger partial charge in [0.25, 0.3) is 5.91 Å². The van der Waals surface area contributed by atoms with Crippen LogP contribution in [0.1, 0.15) is 85.0 Å². The first-order valence-corrected chi connectivity index (χ1v) is 16.7. The van der Waals surface area contributed by atoms with Gasteiger partial charge in [0.15, 0.2) is 0 Å². The molecule has 0 atom stereocenters. The fourth-order valence-corrected chi connectivity index (χ4v) is 6.43. The van der Waals surface area contributed by atoms with Crippen LogP contribution in [0.5, 0.6) is 0 Å². The Hall–Kier alpha value is -4.58. The Morgan fingerprint density at radius 3 is 1.96 bits per heavy atom. The Balaban J connectivity index is 1.32. The number of nitrogens with one attached hydrogen (secondary N) is 3. The molecule has 4 aromatic carbocycles. The molecule has 4 aromatic rings. The molecular formula is C40H48N4O2. The average Bonchev–Trinajstić information content (AvgIpc) is 3.06. The predicted octanol–water partition coefficient (Wildman–Crippen LogP) is 9.01. The molecular weight excluding hydrogens is 568 g/mol. The number of carbonyl (C=O) groups is 2. The SMILES string of the molecule is CC(C)c1cccc(C(C)C)c1NC(=O)Nc1ccc(N2CCC(Cc3ccccc3)CC2)c(C(=O)NCCc2ccccc2)c1. The topological polar surface area (TPSA) is 73.5 Å². The molecule has 5 rings (SSSR count). The van der Waals surface area contributed by atoms with E-state index >= 15 is 0 Å². The lowest BCUT2D eigenvalue weighted by Crippen LogP contribution is -2.36. The van der Waals surface area contributed by atoms with Gasteiger partial charge in [0.1, 0.15) is 0 Å². The zero-order valence-electron chi connectivity index (χ0n) is 27.7. The summed E-state index contributed by atoms with van der Waals surface area (Å²) in [6.07, 6.45) is 3.97. The Bertz CT molecular complexity index is 1570. The standard InChI is InChI=1S/C40H48N4O2/c1-28(2)34-16-11-17-35(29(3)4)38(34)43-40(46)42-33-18-19-37(36(27-33)39(45)41-23-20-30-12-7-5-8-13-30)44-24-21-32(22-25-44)26-31-14-9-6-10-15-31/h5-19,27-29,32H,20-26H2,1-4H3,(H,41,45)(H2,42,43,46). The van der Waals surface area contributed by atoms with Crippen LogP contribution in [-0.4, -0.2) is 31.6 Å². The summed E-state index contributed by atoms with van der Waals surface area (Å²) in [6, 6.07) is 32.4. The Labute approximate surface area is 274 Å². The first kappa shape index (κ1) is 32.8. The first-order valence-electron chi connectivity index (χ1n) is 16.7. The summed E-state index contributed by atoms with van der Waals surface area (Å²) < 4.78 is 0. The third-order valence-electron chi connectivity index (χ3n) is 8.97. The third-order valence-corrected chi connectivity index (χ3v) is 8.97. The smallest absolute Gasteiger partial charge is 0.323 e. The van der Waals surface area contributed by atoms with E-state index in [1.807, 2.05) is 36.4 Å². The van der Waals surface area contributed by atoms with Gasteiger partial charge in [-0.2, -0.15) is 0 Å². The van der Waals surface area contributed by atoms with Crippen LogP contribution in [0.25, 0.3) is 0 Å². The molecule has 46 heavy (non-hydrogen) atoms. The van der Waals surface area contributed by atoms with Gasteiger partial charge in [-0.3, -0.25) is 4.79 Å². The fourth-order valence-electron chi connectivity index (χ4n) is 6.43. The average molecular weight is 617 g/mol. The lowest BCUT2D eigenvalue weighted by molar-refractivity contribution is 0.0954. The summed E-state index contributed by atoms with van der Waals surface area (Å²) >= 11 is 0. The molecule has 0 unspecified atom stereocenters. The molecule has 0 aromatic heterocycles. The Morgan fingerprint density at radius 2 is 1.35 bits per heavy atom. The lowest BCUT2D eigenvalue weighted by Gasteiger charge is -2.35. The highest BCUT2D eigenvalue weighted by Crippen LogP contribution is 2.33. The van der Waals surface area contributed by atoms with Crippen LogP contribution in [0.2, 0.25) is 0 Å². The van der Waals surface area contributed by atoms with E-state index in [4.69, 9.17) is 0 Å². The monoisotopic (exact) mass is 616 g/mol.